The van der Waals surface area contributed by atoms with E-state index in [4.69, 9.17) is 17.3 Å². The summed E-state index contributed by atoms with van der Waals surface area (Å²) in [7, 11) is 0. The van der Waals surface area contributed by atoms with Crippen LogP contribution in [0.3, 0.4) is 0 Å². The molecule has 116 valence electrons. The second-order valence-electron chi connectivity index (χ2n) is 5.65. The number of rotatable bonds is 8. The molecule has 1 aliphatic carbocycles. The number of halogens is 1. The van der Waals surface area contributed by atoms with Crippen molar-refractivity contribution in [2.45, 2.75) is 45.1 Å². The molecule has 0 unspecified atom stereocenters. The minimum atomic E-state index is -0.00823. The van der Waals surface area contributed by atoms with Crippen molar-refractivity contribution in [3.8, 4) is 0 Å². The summed E-state index contributed by atoms with van der Waals surface area (Å²) in [6.07, 6.45) is 5.42. The highest BCUT2D eigenvalue weighted by Gasteiger charge is 2.28. The minimum absolute atomic E-state index is 0.00823. The van der Waals surface area contributed by atoms with Crippen LogP contribution >= 0.6 is 11.6 Å². The lowest BCUT2D eigenvalue weighted by molar-refractivity contribution is -0.116. The maximum Gasteiger partial charge on any atom is 0.225 e. The zero-order chi connectivity index (χ0) is 15.2. The second-order valence-corrected chi connectivity index (χ2v) is 6.09. The molecule has 0 saturated heterocycles. The monoisotopic (exact) mass is 309 g/mol. The molecule has 5 heteroatoms. The number of nitrogen functional groups attached to an aromatic ring is 1. The van der Waals surface area contributed by atoms with E-state index in [1.807, 2.05) is 0 Å². The van der Waals surface area contributed by atoms with E-state index in [9.17, 15) is 4.79 Å². The van der Waals surface area contributed by atoms with E-state index in [0.29, 0.717) is 28.9 Å². The van der Waals surface area contributed by atoms with Gasteiger partial charge in [0.25, 0.3) is 0 Å². The number of hydrogen-bond acceptors (Lipinski definition) is 3. The van der Waals surface area contributed by atoms with Gasteiger partial charge in [-0.1, -0.05) is 24.9 Å². The van der Waals surface area contributed by atoms with Gasteiger partial charge in [-0.2, -0.15) is 0 Å². The molecule has 2 rings (SSSR count). The highest BCUT2D eigenvalue weighted by atomic mass is 35.5. The van der Waals surface area contributed by atoms with Gasteiger partial charge < -0.3 is 11.1 Å². The lowest BCUT2D eigenvalue weighted by Crippen LogP contribution is -2.30. The van der Waals surface area contributed by atoms with Crippen LogP contribution in [0.15, 0.2) is 18.2 Å². The first-order chi connectivity index (χ1) is 10.1. The Morgan fingerprint density at radius 2 is 2.19 bits per heavy atom. The highest BCUT2D eigenvalue weighted by molar-refractivity contribution is 6.31. The van der Waals surface area contributed by atoms with Crippen LogP contribution < -0.4 is 11.1 Å². The Bertz CT molecular complexity index is 488. The van der Waals surface area contributed by atoms with Crippen LogP contribution in [0.2, 0.25) is 5.02 Å². The van der Waals surface area contributed by atoms with Crippen molar-refractivity contribution in [2.24, 2.45) is 0 Å². The molecule has 1 fully saturated rings. The molecule has 0 aromatic heterocycles. The first kappa shape index (κ1) is 16.1. The second kappa shape index (κ2) is 7.66. The van der Waals surface area contributed by atoms with Gasteiger partial charge in [0.2, 0.25) is 5.91 Å². The topological polar surface area (TPSA) is 58.4 Å². The van der Waals surface area contributed by atoms with E-state index in [1.165, 1.54) is 25.7 Å². The quantitative estimate of drug-likeness (QED) is 0.722. The number of hydrogen-bond donors (Lipinski definition) is 2. The largest absolute Gasteiger partial charge is 0.397 e. The predicted octanol–water partition coefficient (Wildman–Crippen LogP) is 3.52. The van der Waals surface area contributed by atoms with Gasteiger partial charge >= 0.3 is 0 Å². The van der Waals surface area contributed by atoms with Crippen LogP contribution in [0.5, 0.6) is 0 Å². The smallest absolute Gasteiger partial charge is 0.225 e. The van der Waals surface area contributed by atoms with Crippen molar-refractivity contribution >= 4 is 28.9 Å². The predicted molar refractivity (Wildman–Crippen MR) is 88.6 cm³/mol. The standard InChI is InChI=1S/C16H24ClN3O/c1-2-3-9-20(13-5-6-13)10-8-16(21)19-15-11-12(17)4-7-14(15)18/h4,7,11,13H,2-3,5-6,8-10,18H2,1H3,(H,19,21). The molecule has 0 spiro atoms. The van der Waals surface area contributed by atoms with Gasteiger partial charge in [0.05, 0.1) is 11.4 Å². The summed E-state index contributed by atoms with van der Waals surface area (Å²) < 4.78 is 0. The van der Waals surface area contributed by atoms with Gasteiger partial charge in [-0.3, -0.25) is 9.69 Å². The van der Waals surface area contributed by atoms with Gasteiger partial charge in [-0.15, -0.1) is 0 Å². The summed E-state index contributed by atoms with van der Waals surface area (Å²) in [6, 6.07) is 5.80. The Hall–Kier alpha value is -1.26. The number of carbonyl (C=O) groups excluding carboxylic acids is 1. The molecule has 0 heterocycles. The molecular formula is C16H24ClN3O. The molecule has 4 nitrogen and oxygen atoms in total. The molecule has 3 N–H and O–H groups in total. The number of nitrogens with one attached hydrogen (secondary N) is 1. The molecule has 1 aliphatic rings. The van der Waals surface area contributed by atoms with Crippen molar-refractivity contribution < 1.29 is 4.79 Å². The third kappa shape index (κ3) is 5.21. The maximum atomic E-state index is 12.1. The Balaban J connectivity index is 1.82. The van der Waals surface area contributed by atoms with Crippen molar-refractivity contribution in [1.82, 2.24) is 4.90 Å². The molecule has 1 aromatic rings. The molecule has 1 aromatic carbocycles. The van der Waals surface area contributed by atoms with E-state index in [1.54, 1.807) is 18.2 Å². The molecule has 0 atom stereocenters. The number of amides is 1. The third-order valence-corrected chi connectivity index (χ3v) is 4.01. The summed E-state index contributed by atoms with van der Waals surface area (Å²) in [5.74, 6) is -0.00823. The Morgan fingerprint density at radius 1 is 1.43 bits per heavy atom. The van der Waals surface area contributed by atoms with Gasteiger partial charge in [0, 0.05) is 24.0 Å². The summed E-state index contributed by atoms with van der Waals surface area (Å²) in [5, 5.41) is 3.42. The number of nitrogens with zero attached hydrogens (tertiary/aromatic N) is 1. The van der Waals surface area contributed by atoms with Crippen LogP contribution in [0, 0.1) is 0 Å². The van der Waals surface area contributed by atoms with Crippen molar-refractivity contribution in [3.05, 3.63) is 23.2 Å². The van der Waals surface area contributed by atoms with Gasteiger partial charge in [0.15, 0.2) is 0 Å². The Morgan fingerprint density at radius 3 is 2.86 bits per heavy atom. The average Bonchev–Trinajstić information content (AvgIpc) is 3.27. The first-order valence-corrected chi connectivity index (χ1v) is 8.07. The van der Waals surface area contributed by atoms with Crippen LogP contribution in [-0.2, 0) is 4.79 Å². The molecule has 0 aliphatic heterocycles. The molecule has 1 amide bonds. The van der Waals surface area contributed by atoms with E-state index in [-0.39, 0.29) is 5.91 Å². The number of benzene rings is 1. The third-order valence-electron chi connectivity index (χ3n) is 3.78. The normalized spacial score (nSPS) is 14.4. The minimum Gasteiger partial charge on any atom is -0.397 e. The van der Waals surface area contributed by atoms with Crippen LogP contribution in [0.4, 0.5) is 11.4 Å². The summed E-state index contributed by atoms with van der Waals surface area (Å²) in [5.41, 5.74) is 6.97. The summed E-state index contributed by atoms with van der Waals surface area (Å²) in [6.45, 7) is 4.10. The zero-order valence-corrected chi connectivity index (χ0v) is 13.3. The van der Waals surface area contributed by atoms with E-state index in [2.05, 4.69) is 17.1 Å². The summed E-state index contributed by atoms with van der Waals surface area (Å²) in [4.78, 5) is 14.5. The van der Waals surface area contributed by atoms with Crippen LogP contribution in [0.25, 0.3) is 0 Å². The van der Waals surface area contributed by atoms with E-state index in [0.717, 1.165) is 13.1 Å². The highest BCUT2D eigenvalue weighted by Crippen LogP contribution is 2.27. The number of unbranched alkanes of at least 4 members (excludes halogenated alkanes) is 1. The molecule has 1 saturated carbocycles. The molecule has 0 bridgehead atoms. The zero-order valence-electron chi connectivity index (χ0n) is 12.6. The lowest BCUT2D eigenvalue weighted by atomic mass is 10.2. The average molecular weight is 310 g/mol. The van der Waals surface area contributed by atoms with Crippen molar-refractivity contribution in [2.75, 3.05) is 24.1 Å². The van der Waals surface area contributed by atoms with Gasteiger partial charge in [-0.25, -0.2) is 0 Å². The lowest BCUT2D eigenvalue weighted by Gasteiger charge is -2.21. The molecular weight excluding hydrogens is 286 g/mol. The van der Waals surface area contributed by atoms with E-state index < -0.39 is 0 Å². The molecule has 21 heavy (non-hydrogen) atoms. The fourth-order valence-electron chi connectivity index (χ4n) is 2.37. The van der Waals surface area contributed by atoms with Crippen LogP contribution in [0.1, 0.15) is 39.0 Å². The fraction of sp³-hybridized carbons (Fsp3) is 0.562. The number of nitrogens with two attached hydrogens (primary N) is 1. The van der Waals surface area contributed by atoms with Crippen molar-refractivity contribution in [1.29, 1.82) is 0 Å². The van der Waals surface area contributed by atoms with Gasteiger partial charge in [-0.05, 0) is 44.0 Å². The molecule has 0 radical (unpaired) electrons. The first-order valence-electron chi connectivity index (χ1n) is 7.69. The van der Waals surface area contributed by atoms with E-state index >= 15 is 0 Å². The van der Waals surface area contributed by atoms with Gasteiger partial charge in [0.1, 0.15) is 0 Å². The Labute approximate surface area is 131 Å². The van der Waals surface area contributed by atoms with Crippen molar-refractivity contribution in [3.63, 3.8) is 0 Å². The number of anilines is 2. The maximum absolute atomic E-state index is 12.1. The fourth-order valence-corrected chi connectivity index (χ4v) is 2.54. The SMILES string of the molecule is CCCCN(CCC(=O)Nc1cc(Cl)ccc1N)C1CC1. The summed E-state index contributed by atoms with van der Waals surface area (Å²) >= 11 is 5.92. The number of carbonyl (C=O) groups is 1. The Kier molecular flexibility index (Phi) is 5.88. The van der Waals surface area contributed by atoms with Crippen LogP contribution in [-0.4, -0.2) is 29.9 Å².